The van der Waals surface area contributed by atoms with Gasteiger partial charge in [-0.05, 0) is 47.9 Å². The molecule has 0 fully saturated rings. The molecule has 0 aromatic carbocycles. The first-order valence-electron chi connectivity index (χ1n) is 6.52. The quantitative estimate of drug-likeness (QED) is 0.798. The smallest absolute Gasteiger partial charge is 0.220 e. The van der Waals surface area contributed by atoms with Gasteiger partial charge in [-0.1, -0.05) is 0 Å². The first-order valence-corrected chi connectivity index (χ1v) is 7.46. The van der Waals surface area contributed by atoms with E-state index in [-0.39, 0.29) is 24.2 Å². The van der Waals surface area contributed by atoms with E-state index in [2.05, 4.69) is 5.32 Å². The number of rotatable bonds is 7. The van der Waals surface area contributed by atoms with Crippen LogP contribution in [0.25, 0.3) is 0 Å². The number of ketones is 1. The van der Waals surface area contributed by atoms with Gasteiger partial charge in [-0.25, -0.2) is 0 Å². The predicted molar refractivity (Wildman–Crippen MR) is 77.9 cm³/mol. The van der Waals surface area contributed by atoms with Crippen molar-refractivity contribution in [2.24, 2.45) is 0 Å². The SMILES string of the molecule is C[C@@H](CC(=O)c1ccco1)NC(=O)CCc1ccsc1. The highest BCUT2D eigenvalue weighted by Crippen LogP contribution is 2.09. The lowest BCUT2D eigenvalue weighted by atomic mass is 10.1. The highest BCUT2D eigenvalue weighted by Gasteiger charge is 2.15. The van der Waals surface area contributed by atoms with Gasteiger partial charge in [-0.2, -0.15) is 11.3 Å². The lowest BCUT2D eigenvalue weighted by molar-refractivity contribution is -0.121. The van der Waals surface area contributed by atoms with Crippen LogP contribution in [-0.2, 0) is 11.2 Å². The monoisotopic (exact) mass is 291 g/mol. The molecule has 106 valence electrons. The summed E-state index contributed by atoms with van der Waals surface area (Å²) in [6.45, 7) is 1.82. The molecule has 0 spiro atoms. The second-order valence-corrected chi connectivity index (χ2v) is 5.48. The Bertz CT molecular complexity index is 546. The molecule has 1 atom stereocenters. The minimum absolute atomic E-state index is 0.0315. The van der Waals surface area contributed by atoms with Gasteiger partial charge in [-0.3, -0.25) is 9.59 Å². The fraction of sp³-hybridized carbons (Fsp3) is 0.333. The largest absolute Gasteiger partial charge is 0.461 e. The van der Waals surface area contributed by atoms with Crippen LogP contribution >= 0.6 is 11.3 Å². The molecule has 2 aromatic heterocycles. The molecule has 0 saturated heterocycles. The Morgan fingerprint density at radius 1 is 1.40 bits per heavy atom. The minimum atomic E-state index is -0.192. The number of carbonyl (C=O) groups excluding carboxylic acids is 2. The van der Waals surface area contributed by atoms with Crippen molar-refractivity contribution in [2.75, 3.05) is 0 Å². The third-order valence-electron chi connectivity index (χ3n) is 2.92. The summed E-state index contributed by atoms with van der Waals surface area (Å²) in [6, 6.07) is 5.13. The summed E-state index contributed by atoms with van der Waals surface area (Å²) < 4.78 is 5.04. The number of aryl methyl sites for hydroxylation is 1. The second-order valence-electron chi connectivity index (χ2n) is 4.70. The first kappa shape index (κ1) is 14.5. The third kappa shape index (κ3) is 4.35. The number of hydrogen-bond donors (Lipinski definition) is 1. The zero-order valence-corrected chi connectivity index (χ0v) is 12.1. The Kier molecular flexibility index (Phi) is 5.12. The van der Waals surface area contributed by atoms with Gasteiger partial charge in [0, 0.05) is 18.9 Å². The van der Waals surface area contributed by atoms with E-state index >= 15 is 0 Å². The number of Topliss-reactive ketones (excluding diaryl/α,β-unsaturated/α-hetero) is 1. The molecule has 0 radical (unpaired) electrons. The molecule has 1 amide bonds. The van der Waals surface area contributed by atoms with Gasteiger partial charge in [0.15, 0.2) is 11.5 Å². The van der Waals surface area contributed by atoms with Crippen LogP contribution in [0.4, 0.5) is 0 Å². The fourth-order valence-electron chi connectivity index (χ4n) is 1.91. The lowest BCUT2D eigenvalue weighted by Gasteiger charge is -2.12. The minimum Gasteiger partial charge on any atom is -0.461 e. The van der Waals surface area contributed by atoms with Gasteiger partial charge >= 0.3 is 0 Å². The van der Waals surface area contributed by atoms with E-state index in [4.69, 9.17) is 4.42 Å². The fourth-order valence-corrected chi connectivity index (χ4v) is 2.61. The van der Waals surface area contributed by atoms with Gasteiger partial charge in [0.1, 0.15) is 0 Å². The molecular formula is C15H17NO3S. The van der Waals surface area contributed by atoms with E-state index < -0.39 is 0 Å². The number of amides is 1. The number of furan rings is 1. The van der Waals surface area contributed by atoms with Crippen molar-refractivity contribution in [1.82, 2.24) is 5.32 Å². The molecule has 0 aliphatic heterocycles. The molecular weight excluding hydrogens is 274 g/mol. The molecule has 0 unspecified atom stereocenters. The summed E-state index contributed by atoms with van der Waals surface area (Å²) in [5, 5.41) is 6.87. The normalized spacial score (nSPS) is 12.1. The summed E-state index contributed by atoms with van der Waals surface area (Å²) in [5.41, 5.74) is 1.17. The molecule has 0 saturated carbocycles. The number of carbonyl (C=O) groups is 2. The van der Waals surface area contributed by atoms with Gasteiger partial charge in [0.2, 0.25) is 5.91 Å². The summed E-state index contributed by atoms with van der Waals surface area (Å²) in [5.74, 6) is 0.209. The zero-order valence-electron chi connectivity index (χ0n) is 11.3. The van der Waals surface area contributed by atoms with Crippen LogP contribution in [0, 0.1) is 0 Å². The molecule has 2 rings (SSSR count). The van der Waals surface area contributed by atoms with Crippen molar-refractivity contribution < 1.29 is 14.0 Å². The average molecular weight is 291 g/mol. The van der Waals surface area contributed by atoms with Crippen LogP contribution in [0.15, 0.2) is 39.6 Å². The van der Waals surface area contributed by atoms with Crippen LogP contribution in [0.2, 0.25) is 0 Å². The zero-order chi connectivity index (χ0) is 14.4. The maximum Gasteiger partial charge on any atom is 0.220 e. The molecule has 20 heavy (non-hydrogen) atoms. The third-order valence-corrected chi connectivity index (χ3v) is 3.65. The van der Waals surface area contributed by atoms with Crippen LogP contribution in [0.5, 0.6) is 0 Å². The van der Waals surface area contributed by atoms with Crippen LogP contribution in [-0.4, -0.2) is 17.7 Å². The molecule has 4 nitrogen and oxygen atoms in total. The van der Waals surface area contributed by atoms with E-state index in [1.165, 1.54) is 11.8 Å². The van der Waals surface area contributed by atoms with Crippen molar-refractivity contribution in [1.29, 1.82) is 0 Å². The van der Waals surface area contributed by atoms with Crippen molar-refractivity contribution >= 4 is 23.0 Å². The van der Waals surface area contributed by atoms with Gasteiger partial charge in [0.05, 0.1) is 6.26 Å². The highest BCUT2D eigenvalue weighted by molar-refractivity contribution is 7.07. The molecule has 5 heteroatoms. The van der Waals surface area contributed by atoms with E-state index in [0.717, 1.165) is 6.42 Å². The maximum absolute atomic E-state index is 11.8. The predicted octanol–water partition coefficient (Wildman–Crippen LogP) is 3.05. The van der Waals surface area contributed by atoms with Gasteiger partial charge in [0.25, 0.3) is 0 Å². The summed E-state index contributed by atoms with van der Waals surface area (Å²) >= 11 is 1.63. The topological polar surface area (TPSA) is 59.3 Å². The molecule has 0 aliphatic rings. The number of hydrogen-bond acceptors (Lipinski definition) is 4. The molecule has 0 aliphatic carbocycles. The van der Waals surface area contributed by atoms with Crippen molar-refractivity contribution in [3.8, 4) is 0 Å². The van der Waals surface area contributed by atoms with Gasteiger partial charge < -0.3 is 9.73 Å². The highest BCUT2D eigenvalue weighted by atomic mass is 32.1. The standard InChI is InChI=1S/C15H17NO3S/c1-11(9-13(17)14-3-2-7-19-14)16-15(18)5-4-12-6-8-20-10-12/h2-3,6-8,10-11H,4-5,9H2,1H3,(H,16,18)/t11-/m0/s1. The van der Waals surface area contributed by atoms with Crippen LogP contribution < -0.4 is 5.32 Å². The Labute approximate surface area is 121 Å². The van der Waals surface area contributed by atoms with Crippen LogP contribution in [0.1, 0.15) is 35.9 Å². The Balaban J connectivity index is 1.72. The molecule has 2 aromatic rings. The van der Waals surface area contributed by atoms with E-state index in [1.807, 2.05) is 23.8 Å². The second kappa shape index (κ2) is 7.05. The number of nitrogens with one attached hydrogen (secondary N) is 1. The number of thiophene rings is 1. The van der Waals surface area contributed by atoms with E-state index in [9.17, 15) is 9.59 Å². The molecule has 1 N–H and O–H groups in total. The van der Waals surface area contributed by atoms with Crippen molar-refractivity contribution in [3.05, 3.63) is 46.5 Å². The van der Waals surface area contributed by atoms with Gasteiger partial charge in [-0.15, -0.1) is 0 Å². The first-order chi connectivity index (χ1) is 9.65. The van der Waals surface area contributed by atoms with E-state index in [1.54, 1.807) is 23.5 Å². The van der Waals surface area contributed by atoms with Crippen molar-refractivity contribution in [3.63, 3.8) is 0 Å². The summed E-state index contributed by atoms with van der Waals surface area (Å²) in [6.07, 6.45) is 2.89. The Morgan fingerprint density at radius 3 is 2.90 bits per heavy atom. The average Bonchev–Trinajstić information content (AvgIpc) is 3.09. The Morgan fingerprint density at radius 2 is 2.25 bits per heavy atom. The van der Waals surface area contributed by atoms with Crippen molar-refractivity contribution in [2.45, 2.75) is 32.2 Å². The van der Waals surface area contributed by atoms with E-state index in [0.29, 0.717) is 12.2 Å². The van der Waals surface area contributed by atoms with Crippen LogP contribution in [0.3, 0.4) is 0 Å². The maximum atomic E-state index is 11.8. The summed E-state index contributed by atoms with van der Waals surface area (Å²) in [4.78, 5) is 23.6. The molecule has 2 heterocycles. The lowest BCUT2D eigenvalue weighted by Crippen LogP contribution is -2.34. The Hall–Kier alpha value is -1.88. The summed E-state index contributed by atoms with van der Waals surface area (Å²) in [7, 11) is 0. The molecule has 0 bridgehead atoms.